The Hall–Kier alpha value is -1.44. The lowest BCUT2D eigenvalue weighted by molar-refractivity contribution is -0.377. The molecule has 2 rings (SSSR count). The topological polar surface area (TPSA) is 71.9 Å². The lowest BCUT2D eigenvalue weighted by atomic mass is 10.3. The molecular formula is C9H8IN4O+. The van der Waals surface area contributed by atoms with Crippen molar-refractivity contribution in [1.82, 2.24) is 10.2 Å². The van der Waals surface area contributed by atoms with Crippen LogP contribution in [-0.2, 0) is 0 Å². The van der Waals surface area contributed by atoms with Gasteiger partial charge in [0, 0.05) is 6.07 Å². The third kappa shape index (κ3) is 2.32. The summed E-state index contributed by atoms with van der Waals surface area (Å²) in [5.74, 6) is -0.198. The molecule has 0 saturated heterocycles. The van der Waals surface area contributed by atoms with E-state index >= 15 is 0 Å². The van der Waals surface area contributed by atoms with Crippen molar-refractivity contribution in [1.29, 1.82) is 0 Å². The number of aromatic amines is 2. The van der Waals surface area contributed by atoms with Gasteiger partial charge in [-0.3, -0.25) is 9.89 Å². The molecule has 2 aromatic heterocycles. The molecule has 3 N–H and O–H groups in total. The van der Waals surface area contributed by atoms with Crippen LogP contribution < -0.4 is 10.3 Å². The summed E-state index contributed by atoms with van der Waals surface area (Å²) >= 11 is 2.05. The van der Waals surface area contributed by atoms with E-state index < -0.39 is 0 Å². The standard InChI is InChI=1S/C9H7IN4O/c10-7-5-12-14-8(7)9(15)13-6-2-1-3-11-4-6/h1-5H,(H,12,14)(H,13,15)/p+1. The first kappa shape index (κ1) is 10.1. The first-order chi connectivity index (χ1) is 7.27. The lowest BCUT2D eigenvalue weighted by Gasteiger charge is -2.00. The predicted octanol–water partition coefficient (Wildman–Crippen LogP) is 1.08. The van der Waals surface area contributed by atoms with Crippen LogP contribution in [0.5, 0.6) is 0 Å². The minimum Gasteiger partial charge on any atom is -0.316 e. The molecule has 5 nitrogen and oxygen atoms in total. The molecular weight excluding hydrogens is 307 g/mol. The van der Waals surface area contributed by atoms with Crippen LogP contribution in [-0.4, -0.2) is 16.1 Å². The second kappa shape index (κ2) is 4.39. The molecule has 0 radical (unpaired) electrons. The Bertz CT molecular complexity index is 468. The van der Waals surface area contributed by atoms with Gasteiger partial charge in [-0.25, -0.2) is 4.98 Å². The highest BCUT2D eigenvalue weighted by Crippen LogP contribution is 2.10. The van der Waals surface area contributed by atoms with E-state index in [1.54, 1.807) is 24.7 Å². The molecule has 15 heavy (non-hydrogen) atoms. The highest BCUT2D eigenvalue weighted by atomic mass is 127. The highest BCUT2D eigenvalue weighted by Gasteiger charge is 2.12. The number of amides is 1. The van der Waals surface area contributed by atoms with Gasteiger partial charge in [-0.15, -0.1) is 0 Å². The summed E-state index contributed by atoms with van der Waals surface area (Å²) in [6.07, 6.45) is 5.09. The average Bonchev–Trinajstić information content (AvgIpc) is 2.66. The van der Waals surface area contributed by atoms with Crippen LogP contribution in [0.1, 0.15) is 10.5 Å². The quantitative estimate of drug-likeness (QED) is 0.814. The fourth-order valence-corrected chi connectivity index (χ4v) is 1.60. The van der Waals surface area contributed by atoms with E-state index in [-0.39, 0.29) is 5.91 Å². The molecule has 0 aliphatic carbocycles. The van der Waals surface area contributed by atoms with Crippen LogP contribution in [0.25, 0.3) is 0 Å². The summed E-state index contributed by atoms with van der Waals surface area (Å²) in [7, 11) is 0. The first-order valence-electron chi connectivity index (χ1n) is 4.23. The second-order valence-electron chi connectivity index (χ2n) is 2.84. The summed E-state index contributed by atoms with van der Waals surface area (Å²) in [6.45, 7) is 0. The molecule has 6 heteroatoms. The van der Waals surface area contributed by atoms with Crippen LogP contribution in [0.4, 0.5) is 5.69 Å². The zero-order valence-electron chi connectivity index (χ0n) is 7.62. The summed E-state index contributed by atoms with van der Waals surface area (Å²) in [5.41, 5.74) is 1.19. The van der Waals surface area contributed by atoms with Crippen molar-refractivity contribution in [3.05, 3.63) is 40.0 Å². The zero-order chi connectivity index (χ0) is 10.7. The largest absolute Gasteiger partial charge is 0.316 e. The fraction of sp³-hybridized carbons (Fsp3) is 0. The lowest BCUT2D eigenvalue weighted by Crippen LogP contribution is -2.15. The van der Waals surface area contributed by atoms with Crippen LogP contribution in [0.2, 0.25) is 0 Å². The predicted molar refractivity (Wildman–Crippen MR) is 62.3 cm³/mol. The molecule has 0 fully saturated rings. The smallest absolute Gasteiger partial charge is 0.274 e. The van der Waals surface area contributed by atoms with Gasteiger partial charge in [0.15, 0.2) is 12.4 Å². The van der Waals surface area contributed by atoms with Gasteiger partial charge in [-0.2, -0.15) is 5.10 Å². The van der Waals surface area contributed by atoms with Gasteiger partial charge in [0.1, 0.15) is 11.4 Å². The normalized spacial score (nSPS) is 9.93. The number of hydrogen-bond donors (Lipinski definition) is 2. The number of nitrogens with one attached hydrogen (secondary N) is 3. The average molecular weight is 315 g/mol. The number of H-pyrrole nitrogens is 2. The van der Waals surface area contributed by atoms with Crippen molar-refractivity contribution in [2.75, 3.05) is 5.32 Å². The number of pyridine rings is 1. The molecule has 0 atom stereocenters. The second-order valence-corrected chi connectivity index (χ2v) is 4.00. The summed E-state index contributed by atoms with van der Waals surface area (Å²) in [6, 6.07) is 3.62. The maximum Gasteiger partial charge on any atom is 0.274 e. The van der Waals surface area contributed by atoms with Gasteiger partial charge in [-0.05, 0) is 28.7 Å². The third-order valence-corrected chi connectivity index (χ3v) is 2.60. The number of carbonyl (C=O) groups is 1. The minimum absolute atomic E-state index is 0.198. The van der Waals surface area contributed by atoms with Crippen LogP contribution in [0, 0.1) is 3.57 Å². The Morgan fingerprint density at radius 2 is 2.47 bits per heavy atom. The molecule has 0 spiro atoms. The maximum absolute atomic E-state index is 11.7. The maximum atomic E-state index is 11.7. The van der Waals surface area contributed by atoms with E-state index in [1.165, 1.54) is 0 Å². The third-order valence-electron chi connectivity index (χ3n) is 1.79. The van der Waals surface area contributed by atoms with Gasteiger partial charge >= 0.3 is 0 Å². The Morgan fingerprint density at radius 1 is 1.60 bits per heavy atom. The van der Waals surface area contributed by atoms with Gasteiger partial charge in [-0.1, -0.05) is 0 Å². The first-order valence-corrected chi connectivity index (χ1v) is 5.31. The Morgan fingerprint density at radius 3 is 3.07 bits per heavy atom. The molecule has 1 amide bonds. The molecule has 0 aromatic carbocycles. The molecule has 0 aliphatic heterocycles. The molecule has 76 valence electrons. The molecule has 2 heterocycles. The van der Waals surface area contributed by atoms with E-state index in [9.17, 15) is 4.79 Å². The van der Waals surface area contributed by atoms with Gasteiger partial charge in [0.25, 0.3) is 5.91 Å². The number of rotatable bonds is 2. The SMILES string of the molecule is O=C(Nc1ccc[nH+]c1)c1[nH]ncc1I. The number of aromatic nitrogens is 3. The number of hydrogen-bond acceptors (Lipinski definition) is 2. The van der Waals surface area contributed by atoms with Crippen LogP contribution in [0.3, 0.4) is 0 Å². The van der Waals surface area contributed by atoms with Gasteiger partial charge < -0.3 is 5.32 Å². The van der Waals surface area contributed by atoms with Crippen molar-refractivity contribution in [2.24, 2.45) is 0 Å². The Kier molecular flexibility index (Phi) is 2.95. The zero-order valence-corrected chi connectivity index (χ0v) is 9.78. The Labute approximate surface area is 99.4 Å². The van der Waals surface area contributed by atoms with Crippen molar-refractivity contribution < 1.29 is 9.78 Å². The Balaban J connectivity index is 2.15. The number of halogens is 1. The van der Waals surface area contributed by atoms with E-state index in [0.29, 0.717) is 11.4 Å². The van der Waals surface area contributed by atoms with Crippen molar-refractivity contribution >= 4 is 34.2 Å². The molecule has 0 aliphatic rings. The monoisotopic (exact) mass is 315 g/mol. The van der Waals surface area contributed by atoms with Gasteiger partial charge in [0.2, 0.25) is 0 Å². The summed E-state index contributed by atoms with van der Waals surface area (Å²) in [5, 5.41) is 9.17. The molecule has 2 aromatic rings. The number of nitrogens with zero attached hydrogens (tertiary/aromatic N) is 1. The summed E-state index contributed by atoms with van der Waals surface area (Å²) in [4.78, 5) is 14.6. The highest BCUT2D eigenvalue weighted by molar-refractivity contribution is 14.1. The van der Waals surface area contributed by atoms with Crippen LogP contribution >= 0.6 is 22.6 Å². The van der Waals surface area contributed by atoms with Crippen LogP contribution in [0.15, 0.2) is 30.7 Å². The molecule has 0 saturated carbocycles. The van der Waals surface area contributed by atoms with Crippen molar-refractivity contribution in [3.8, 4) is 0 Å². The van der Waals surface area contributed by atoms with Crippen molar-refractivity contribution in [3.63, 3.8) is 0 Å². The number of carbonyl (C=O) groups excluding carboxylic acids is 1. The summed E-state index contributed by atoms with van der Waals surface area (Å²) < 4.78 is 0.796. The van der Waals surface area contributed by atoms with E-state index in [1.807, 2.05) is 6.07 Å². The fourth-order valence-electron chi connectivity index (χ4n) is 1.10. The van der Waals surface area contributed by atoms with E-state index in [2.05, 4.69) is 43.1 Å². The molecule has 0 unspecified atom stereocenters. The van der Waals surface area contributed by atoms with E-state index in [0.717, 1.165) is 3.57 Å². The molecule has 0 bridgehead atoms. The van der Waals surface area contributed by atoms with Crippen molar-refractivity contribution in [2.45, 2.75) is 0 Å². The minimum atomic E-state index is -0.198. The van der Waals surface area contributed by atoms with Gasteiger partial charge in [0.05, 0.1) is 9.77 Å². The van der Waals surface area contributed by atoms with E-state index in [4.69, 9.17) is 0 Å². The number of anilines is 1.